The number of hydrogen-bond acceptors (Lipinski definition) is 5. The standard InChI is InChI=1S/C11H10ClFN4O/c1-6-4-7(13)2-3-9(6)18-10-8(12)5-15-11(16-10)17-14/h2-5H,14H2,1H3,(H,15,16,17). The average Bonchev–Trinajstić information content (AvgIpc) is 2.35. The molecule has 0 aliphatic heterocycles. The highest BCUT2D eigenvalue weighted by Gasteiger charge is 2.09. The van der Waals surface area contributed by atoms with Gasteiger partial charge in [-0.3, -0.25) is 5.43 Å². The van der Waals surface area contributed by atoms with Gasteiger partial charge < -0.3 is 4.74 Å². The van der Waals surface area contributed by atoms with Crippen molar-refractivity contribution < 1.29 is 9.13 Å². The van der Waals surface area contributed by atoms with E-state index in [-0.39, 0.29) is 22.7 Å². The lowest BCUT2D eigenvalue weighted by Crippen LogP contribution is -2.10. The Morgan fingerprint density at radius 1 is 1.44 bits per heavy atom. The van der Waals surface area contributed by atoms with Crippen molar-refractivity contribution in [2.45, 2.75) is 6.92 Å². The first-order valence-corrected chi connectivity index (χ1v) is 5.41. The van der Waals surface area contributed by atoms with E-state index in [0.29, 0.717) is 11.3 Å². The summed E-state index contributed by atoms with van der Waals surface area (Å²) in [6, 6.07) is 4.14. The normalized spacial score (nSPS) is 10.2. The summed E-state index contributed by atoms with van der Waals surface area (Å²) >= 11 is 5.89. The monoisotopic (exact) mass is 268 g/mol. The molecule has 0 aliphatic carbocycles. The number of rotatable bonds is 3. The van der Waals surface area contributed by atoms with Gasteiger partial charge in [-0.2, -0.15) is 4.98 Å². The molecular formula is C11H10ClFN4O. The van der Waals surface area contributed by atoms with Crippen LogP contribution in [0.15, 0.2) is 24.4 Å². The number of nitrogen functional groups attached to an aromatic ring is 1. The van der Waals surface area contributed by atoms with Gasteiger partial charge in [0.1, 0.15) is 16.6 Å². The zero-order valence-electron chi connectivity index (χ0n) is 9.45. The quantitative estimate of drug-likeness (QED) is 0.661. The molecule has 7 heteroatoms. The van der Waals surface area contributed by atoms with Crippen LogP contribution in [-0.4, -0.2) is 9.97 Å². The first-order valence-electron chi connectivity index (χ1n) is 5.03. The Morgan fingerprint density at radius 2 is 2.22 bits per heavy atom. The van der Waals surface area contributed by atoms with Gasteiger partial charge in [-0.25, -0.2) is 15.2 Å². The van der Waals surface area contributed by atoms with E-state index in [1.165, 1.54) is 24.4 Å². The third kappa shape index (κ3) is 2.66. The zero-order valence-corrected chi connectivity index (χ0v) is 10.2. The molecule has 0 aliphatic rings. The number of hydrogen-bond donors (Lipinski definition) is 2. The lowest BCUT2D eigenvalue weighted by Gasteiger charge is -2.09. The van der Waals surface area contributed by atoms with E-state index in [9.17, 15) is 4.39 Å². The van der Waals surface area contributed by atoms with Crippen molar-refractivity contribution in [1.82, 2.24) is 9.97 Å². The van der Waals surface area contributed by atoms with Crippen molar-refractivity contribution in [3.8, 4) is 11.6 Å². The van der Waals surface area contributed by atoms with E-state index in [1.54, 1.807) is 6.92 Å². The second kappa shape index (κ2) is 5.16. The second-order valence-electron chi connectivity index (χ2n) is 3.50. The van der Waals surface area contributed by atoms with E-state index in [2.05, 4.69) is 15.4 Å². The molecular weight excluding hydrogens is 259 g/mol. The van der Waals surface area contributed by atoms with E-state index in [0.717, 1.165) is 0 Å². The molecule has 1 aromatic carbocycles. The topological polar surface area (TPSA) is 73.1 Å². The van der Waals surface area contributed by atoms with Gasteiger partial charge in [-0.05, 0) is 30.7 Å². The molecule has 0 fully saturated rings. The van der Waals surface area contributed by atoms with Gasteiger partial charge in [-0.15, -0.1) is 0 Å². The highest BCUT2D eigenvalue weighted by atomic mass is 35.5. The Hall–Kier alpha value is -1.92. The largest absolute Gasteiger partial charge is 0.437 e. The molecule has 0 spiro atoms. The van der Waals surface area contributed by atoms with Crippen LogP contribution in [0, 0.1) is 12.7 Å². The molecule has 5 nitrogen and oxygen atoms in total. The Labute approximate surface area is 108 Å². The fourth-order valence-corrected chi connectivity index (χ4v) is 1.45. The molecule has 1 heterocycles. The van der Waals surface area contributed by atoms with Gasteiger partial charge in [0.25, 0.3) is 0 Å². The van der Waals surface area contributed by atoms with Crippen LogP contribution in [0.4, 0.5) is 10.3 Å². The van der Waals surface area contributed by atoms with Crippen LogP contribution >= 0.6 is 11.6 Å². The van der Waals surface area contributed by atoms with Gasteiger partial charge in [0, 0.05) is 0 Å². The zero-order chi connectivity index (χ0) is 13.1. The molecule has 0 amide bonds. The number of benzene rings is 1. The van der Waals surface area contributed by atoms with Crippen LogP contribution in [0.25, 0.3) is 0 Å². The minimum atomic E-state index is -0.335. The number of aryl methyl sites for hydroxylation is 1. The van der Waals surface area contributed by atoms with Crippen molar-refractivity contribution in [3.05, 3.63) is 40.8 Å². The lowest BCUT2D eigenvalue weighted by atomic mass is 10.2. The second-order valence-corrected chi connectivity index (χ2v) is 3.91. The summed E-state index contributed by atoms with van der Waals surface area (Å²) in [5.41, 5.74) is 2.91. The number of aromatic nitrogens is 2. The van der Waals surface area contributed by atoms with Crippen LogP contribution in [0.1, 0.15) is 5.56 Å². The first-order chi connectivity index (χ1) is 8.60. The van der Waals surface area contributed by atoms with Crippen LogP contribution in [-0.2, 0) is 0 Å². The van der Waals surface area contributed by atoms with Gasteiger partial charge in [0.05, 0.1) is 6.20 Å². The highest BCUT2D eigenvalue weighted by Crippen LogP contribution is 2.29. The molecule has 94 valence electrons. The summed E-state index contributed by atoms with van der Waals surface area (Å²) in [6.07, 6.45) is 1.36. The SMILES string of the molecule is Cc1cc(F)ccc1Oc1nc(NN)ncc1Cl. The maximum atomic E-state index is 13.0. The third-order valence-electron chi connectivity index (χ3n) is 2.18. The lowest BCUT2D eigenvalue weighted by molar-refractivity contribution is 0.457. The van der Waals surface area contributed by atoms with Crippen molar-refractivity contribution in [3.63, 3.8) is 0 Å². The summed E-state index contributed by atoms with van der Waals surface area (Å²) in [5.74, 6) is 5.63. The number of ether oxygens (including phenoxy) is 1. The Morgan fingerprint density at radius 3 is 2.89 bits per heavy atom. The van der Waals surface area contributed by atoms with E-state index in [1.807, 2.05) is 0 Å². The molecule has 0 bridgehead atoms. The molecule has 0 saturated heterocycles. The molecule has 1 aromatic heterocycles. The minimum Gasteiger partial charge on any atom is -0.437 e. The predicted molar refractivity (Wildman–Crippen MR) is 66.1 cm³/mol. The van der Waals surface area contributed by atoms with Gasteiger partial charge in [0.2, 0.25) is 11.8 Å². The van der Waals surface area contributed by atoms with Crippen molar-refractivity contribution in [2.24, 2.45) is 5.84 Å². The number of anilines is 1. The summed E-state index contributed by atoms with van der Waals surface area (Å²) in [4.78, 5) is 7.77. The van der Waals surface area contributed by atoms with Crippen molar-refractivity contribution in [2.75, 3.05) is 5.43 Å². The summed E-state index contributed by atoms with van der Waals surface area (Å²) in [5, 5.41) is 0.234. The molecule has 2 aromatic rings. The fourth-order valence-electron chi connectivity index (χ4n) is 1.32. The van der Waals surface area contributed by atoms with Gasteiger partial charge >= 0.3 is 0 Å². The van der Waals surface area contributed by atoms with Crippen molar-refractivity contribution >= 4 is 17.5 Å². The Balaban J connectivity index is 2.33. The smallest absolute Gasteiger partial charge is 0.243 e. The first kappa shape index (κ1) is 12.5. The molecule has 18 heavy (non-hydrogen) atoms. The number of nitrogens with one attached hydrogen (secondary N) is 1. The molecule has 3 N–H and O–H groups in total. The number of hydrazine groups is 1. The molecule has 2 rings (SSSR count). The minimum absolute atomic E-state index is 0.148. The van der Waals surface area contributed by atoms with Crippen LogP contribution in [0.5, 0.6) is 11.6 Å². The summed E-state index contributed by atoms with van der Waals surface area (Å²) < 4.78 is 18.4. The van der Waals surface area contributed by atoms with Crippen LogP contribution in [0.2, 0.25) is 5.02 Å². The molecule has 0 atom stereocenters. The summed E-state index contributed by atoms with van der Waals surface area (Å²) in [6.45, 7) is 1.72. The highest BCUT2D eigenvalue weighted by molar-refractivity contribution is 6.31. The number of nitrogens with zero attached hydrogens (tertiary/aromatic N) is 2. The maximum Gasteiger partial charge on any atom is 0.243 e. The van der Waals surface area contributed by atoms with E-state index < -0.39 is 0 Å². The number of halogens is 2. The van der Waals surface area contributed by atoms with E-state index >= 15 is 0 Å². The average molecular weight is 269 g/mol. The molecule has 0 saturated carbocycles. The fraction of sp³-hybridized carbons (Fsp3) is 0.0909. The molecule has 0 radical (unpaired) electrons. The Bertz CT molecular complexity index is 579. The molecule has 0 unspecified atom stereocenters. The summed E-state index contributed by atoms with van der Waals surface area (Å²) in [7, 11) is 0. The number of nitrogens with two attached hydrogens (primary N) is 1. The Kier molecular flexibility index (Phi) is 3.59. The van der Waals surface area contributed by atoms with Crippen LogP contribution in [0.3, 0.4) is 0 Å². The third-order valence-corrected chi connectivity index (χ3v) is 2.44. The van der Waals surface area contributed by atoms with Crippen LogP contribution < -0.4 is 16.0 Å². The predicted octanol–water partition coefficient (Wildman–Crippen LogP) is 2.66. The van der Waals surface area contributed by atoms with Gasteiger partial charge in [0.15, 0.2) is 0 Å². The van der Waals surface area contributed by atoms with E-state index in [4.69, 9.17) is 22.2 Å². The van der Waals surface area contributed by atoms with Gasteiger partial charge in [-0.1, -0.05) is 11.6 Å². The maximum absolute atomic E-state index is 13.0. The van der Waals surface area contributed by atoms with Crippen molar-refractivity contribution in [1.29, 1.82) is 0 Å².